The van der Waals surface area contributed by atoms with Crippen LogP contribution in [0.25, 0.3) is 11.4 Å². The molecule has 0 saturated carbocycles. The van der Waals surface area contributed by atoms with Crippen molar-refractivity contribution in [2.24, 2.45) is 7.05 Å². The van der Waals surface area contributed by atoms with Crippen molar-refractivity contribution in [3.8, 4) is 23.7 Å². The maximum Gasteiger partial charge on any atom is 0.352 e. The Morgan fingerprint density at radius 2 is 2.10 bits per heavy atom. The number of nitrogens with zero attached hydrogens (tertiary/aromatic N) is 3. The van der Waals surface area contributed by atoms with Gasteiger partial charge in [0.05, 0.1) is 6.54 Å². The Morgan fingerprint density at radius 3 is 2.81 bits per heavy atom. The molecule has 0 radical (unpaired) electrons. The number of hydrazine groups is 1. The highest BCUT2D eigenvalue weighted by Crippen LogP contribution is 2.21. The lowest BCUT2D eigenvalue weighted by Crippen LogP contribution is -2.29. The minimum Gasteiger partial charge on any atom is -0.289 e. The summed E-state index contributed by atoms with van der Waals surface area (Å²) in [4.78, 5) is 20.2. The number of hydrogen-bond acceptors (Lipinski definition) is 5. The lowest BCUT2D eigenvalue weighted by Gasteiger charge is -2.12. The van der Waals surface area contributed by atoms with Crippen molar-refractivity contribution < 1.29 is 0 Å². The molecule has 0 fully saturated rings. The van der Waals surface area contributed by atoms with Crippen molar-refractivity contribution in [3.63, 3.8) is 0 Å². The van der Waals surface area contributed by atoms with Crippen LogP contribution in [0.4, 0.5) is 5.95 Å². The van der Waals surface area contributed by atoms with E-state index in [1.807, 2.05) is 24.3 Å². The van der Waals surface area contributed by atoms with Gasteiger partial charge >= 0.3 is 5.69 Å². The average molecular weight is 283 g/mol. The third kappa shape index (κ3) is 3.27. The summed E-state index contributed by atoms with van der Waals surface area (Å²) in [6.45, 7) is 2.37. The Hall–Kier alpha value is -2.65. The molecule has 1 aromatic carbocycles. The fourth-order valence-electron chi connectivity index (χ4n) is 1.97. The third-order valence-corrected chi connectivity index (χ3v) is 3.05. The highest BCUT2D eigenvalue weighted by Gasteiger charge is 2.11. The van der Waals surface area contributed by atoms with Crippen LogP contribution in [0, 0.1) is 12.3 Å². The summed E-state index contributed by atoms with van der Waals surface area (Å²) in [7, 11) is 1.66. The average Bonchev–Trinajstić information content (AvgIpc) is 2.51. The van der Waals surface area contributed by atoms with Crippen LogP contribution in [0.3, 0.4) is 0 Å². The van der Waals surface area contributed by atoms with E-state index in [1.54, 1.807) is 7.05 Å². The molecule has 0 aliphatic heterocycles. The molecule has 6 heteroatoms. The Balaban J connectivity index is 2.48. The maximum absolute atomic E-state index is 12.0. The molecule has 2 aromatic rings. The number of terminal acetylenes is 1. The van der Waals surface area contributed by atoms with E-state index in [0.29, 0.717) is 12.4 Å². The van der Waals surface area contributed by atoms with E-state index in [9.17, 15) is 4.79 Å². The zero-order valence-corrected chi connectivity index (χ0v) is 12.1. The highest BCUT2D eigenvalue weighted by atomic mass is 16.1. The van der Waals surface area contributed by atoms with Crippen molar-refractivity contribution in [3.05, 3.63) is 40.3 Å². The highest BCUT2D eigenvalue weighted by molar-refractivity contribution is 5.61. The third-order valence-electron chi connectivity index (χ3n) is 3.05. The van der Waals surface area contributed by atoms with Gasteiger partial charge < -0.3 is 0 Å². The number of aromatic nitrogens is 3. The second-order valence-electron chi connectivity index (χ2n) is 4.41. The van der Waals surface area contributed by atoms with Gasteiger partial charge in [0.25, 0.3) is 0 Å². The van der Waals surface area contributed by atoms with Gasteiger partial charge in [-0.25, -0.2) is 10.2 Å². The van der Waals surface area contributed by atoms with Gasteiger partial charge in [-0.2, -0.15) is 9.97 Å². The van der Waals surface area contributed by atoms with Crippen LogP contribution >= 0.6 is 0 Å². The molecule has 0 atom stereocenters. The Labute approximate surface area is 123 Å². The van der Waals surface area contributed by atoms with Crippen LogP contribution in [-0.2, 0) is 13.5 Å². The SMILES string of the molecule is C#CCNNc1nc(-c2ccccc2CC)n(C)c(=O)n1. The molecule has 21 heavy (non-hydrogen) atoms. The van der Waals surface area contributed by atoms with E-state index in [0.717, 1.165) is 17.5 Å². The number of aryl methyl sites for hydroxylation is 1. The molecule has 1 heterocycles. The first-order valence-electron chi connectivity index (χ1n) is 6.63. The molecular weight excluding hydrogens is 266 g/mol. The zero-order chi connectivity index (χ0) is 15.2. The van der Waals surface area contributed by atoms with Gasteiger partial charge in [-0.3, -0.25) is 9.99 Å². The van der Waals surface area contributed by atoms with Gasteiger partial charge in [0.2, 0.25) is 5.95 Å². The number of benzene rings is 1. The van der Waals surface area contributed by atoms with Crippen molar-refractivity contribution in [2.75, 3.05) is 12.0 Å². The largest absolute Gasteiger partial charge is 0.352 e. The summed E-state index contributed by atoms with van der Waals surface area (Å²) < 4.78 is 1.43. The van der Waals surface area contributed by atoms with E-state index in [4.69, 9.17) is 6.42 Å². The first kappa shape index (κ1) is 14.8. The number of nitrogens with one attached hydrogen (secondary N) is 2. The molecule has 108 valence electrons. The summed E-state index contributed by atoms with van der Waals surface area (Å²) in [5.41, 5.74) is 7.14. The molecule has 0 unspecified atom stereocenters. The van der Waals surface area contributed by atoms with Crippen LogP contribution in [0.1, 0.15) is 12.5 Å². The fraction of sp³-hybridized carbons (Fsp3) is 0.267. The monoisotopic (exact) mass is 283 g/mol. The van der Waals surface area contributed by atoms with E-state index in [2.05, 4.69) is 33.7 Å². The first-order valence-corrected chi connectivity index (χ1v) is 6.63. The van der Waals surface area contributed by atoms with Crippen molar-refractivity contribution >= 4 is 5.95 Å². The van der Waals surface area contributed by atoms with Gasteiger partial charge in [-0.1, -0.05) is 37.1 Å². The van der Waals surface area contributed by atoms with Crippen LogP contribution in [-0.4, -0.2) is 21.1 Å². The fourth-order valence-corrected chi connectivity index (χ4v) is 1.97. The second-order valence-corrected chi connectivity index (χ2v) is 4.41. The normalized spacial score (nSPS) is 10.1. The van der Waals surface area contributed by atoms with E-state index in [1.165, 1.54) is 4.57 Å². The molecule has 0 aliphatic rings. The molecule has 1 aromatic heterocycles. The zero-order valence-electron chi connectivity index (χ0n) is 12.1. The van der Waals surface area contributed by atoms with E-state index >= 15 is 0 Å². The molecular formula is C15H17N5O. The standard InChI is InChI=1S/C15H17N5O/c1-4-10-16-19-14-17-13(20(3)15(21)18-14)12-9-7-6-8-11(12)5-2/h1,6-9,16H,5,10H2,2-3H3,(H,18,19,21). The van der Waals surface area contributed by atoms with E-state index < -0.39 is 0 Å². The van der Waals surface area contributed by atoms with Crippen LogP contribution in [0.15, 0.2) is 29.1 Å². The molecule has 6 nitrogen and oxygen atoms in total. The number of anilines is 1. The lowest BCUT2D eigenvalue weighted by molar-refractivity contribution is 0.769. The van der Waals surface area contributed by atoms with Gasteiger partial charge in [0, 0.05) is 12.6 Å². The molecule has 0 bridgehead atoms. The van der Waals surface area contributed by atoms with Crippen LogP contribution < -0.4 is 16.5 Å². The second kappa shape index (κ2) is 6.68. The van der Waals surface area contributed by atoms with Crippen LogP contribution in [0.2, 0.25) is 0 Å². The summed E-state index contributed by atoms with van der Waals surface area (Å²) in [6.07, 6.45) is 6.00. The van der Waals surface area contributed by atoms with E-state index in [-0.39, 0.29) is 11.6 Å². The summed E-state index contributed by atoms with van der Waals surface area (Å²) in [5.74, 6) is 3.19. The van der Waals surface area contributed by atoms with Gasteiger partial charge in [-0.05, 0) is 12.0 Å². The molecule has 0 spiro atoms. The predicted molar refractivity (Wildman–Crippen MR) is 82.5 cm³/mol. The topological polar surface area (TPSA) is 71.8 Å². The molecule has 0 amide bonds. The lowest BCUT2D eigenvalue weighted by atomic mass is 10.0. The maximum atomic E-state index is 12.0. The summed E-state index contributed by atoms with van der Waals surface area (Å²) in [6, 6.07) is 7.85. The van der Waals surface area contributed by atoms with Crippen LogP contribution in [0.5, 0.6) is 0 Å². The summed E-state index contributed by atoms with van der Waals surface area (Å²) >= 11 is 0. The molecule has 0 aliphatic carbocycles. The Bertz CT molecular complexity index is 730. The first-order chi connectivity index (χ1) is 10.2. The smallest absolute Gasteiger partial charge is 0.289 e. The molecule has 2 rings (SSSR count). The molecule has 0 saturated heterocycles. The molecule has 2 N–H and O–H groups in total. The Kier molecular flexibility index (Phi) is 4.69. The van der Waals surface area contributed by atoms with Gasteiger partial charge in [0.15, 0.2) is 0 Å². The van der Waals surface area contributed by atoms with Gasteiger partial charge in [-0.15, -0.1) is 6.42 Å². The quantitative estimate of drug-likeness (QED) is 0.486. The van der Waals surface area contributed by atoms with Crippen molar-refractivity contribution in [1.82, 2.24) is 20.0 Å². The number of hydrogen-bond donors (Lipinski definition) is 2. The van der Waals surface area contributed by atoms with Gasteiger partial charge in [0.1, 0.15) is 5.82 Å². The van der Waals surface area contributed by atoms with Crippen molar-refractivity contribution in [1.29, 1.82) is 0 Å². The predicted octanol–water partition coefficient (Wildman–Crippen LogP) is 0.954. The minimum absolute atomic E-state index is 0.203. The number of rotatable bonds is 5. The Morgan fingerprint density at radius 1 is 1.33 bits per heavy atom. The van der Waals surface area contributed by atoms with Crippen molar-refractivity contribution in [2.45, 2.75) is 13.3 Å². The minimum atomic E-state index is -0.379. The summed E-state index contributed by atoms with van der Waals surface area (Å²) in [5, 5.41) is 0.